The van der Waals surface area contributed by atoms with Crippen molar-refractivity contribution in [3.8, 4) is 17.0 Å². The van der Waals surface area contributed by atoms with Gasteiger partial charge in [-0.15, -0.1) is 0 Å². The lowest BCUT2D eigenvalue weighted by atomic mass is 9.98. The van der Waals surface area contributed by atoms with E-state index in [0.717, 1.165) is 0 Å². The quantitative estimate of drug-likeness (QED) is 0.496. The predicted molar refractivity (Wildman–Crippen MR) is 115 cm³/mol. The summed E-state index contributed by atoms with van der Waals surface area (Å²) in [5, 5.41) is 13.6. The lowest BCUT2D eigenvalue weighted by Crippen LogP contribution is -2.35. The molecule has 4 heterocycles. The molecule has 7 nitrogen and oxygen atoms in total. The van der Waals surface area contributed by atoms with E-state index in [1.807, 2.05) is 0 Å². The third-order valence-electron chi connectivity index (χ3n) is 6.05. The van der Waals surface area contributed by atoms with Gasteiger partial charge in [0, 0.05) is 23.5 Å². The van der Waals surface area contributed by atoms with E-state index >= 15 is 8.78 Å². The van der Waals surface area contributed by atoms with Gasteiger partial charge in [0.2, 0.25) is 5.88 Å². The Morgan fingerprint density at radius 1 is 1.09 bits per heavy atom. The van der Waals surface area contributed by atoms with E-state index in [1.54, 1.807) is 42.7 Å². The van der Waals surface area contributed by atoms with E-state index < -0.39 is 23.3 Å². The van der Waals surface area contributed by atoms with Crippen molar-refractivity contribution >= 4 is 22.5 Å². The number of pyridine rings is 1. The zero-order chi connectivity index (χ0) is 22.7. The second-order valence-electron chi connectivity index (χ2n) is 7.96. The molecule has 1 saturated heterocycles. The zero-order valence-corrected chi connectivity index (χ0v) is 17.1. The molecular formula is C24H17F2N3O4. The Bertz CT molecular complexity index is 1420. The van der Waals surface area contributed by atoms with Gasteiger partial charge in [0.25, 0.3) is 11.7 Å². The van der Waals surface area contributed by atoms with Crippen molar-refractivity contribution in [1.29, 1.82) is 0 Å². The molecule has 2 aromatic carbocycles. The molecule has 4 aromatic rings. The highest BCUT2D eigenvalue weighted by molar-refractivity contribution is 6.04. The van der Waals surface area contributed by atoms with Gasteiger partial charge >= 0.3 is 0 Å². The summed E-state index contributed by atoms with van der Waals surface area (Å²) >= 11 is 0. The summed E-state index contributed by atoms with van der Waals surface area (Å²) < 4.78 is 42.6. The van der Waals surface area contributed by atoms with Gasteiger partial charge in [-0.1, -0.05) is 6.07 Å². The normalized spacial score (nSPS) is 16.5. The number of benzene rings is 2. The van der Waals surface area contributed by atoms with Crippen molar-refractivity contribution in [1.82, 2.24) is 9.55 Å². The van der Waals surface area contributed by atoms with Gasteiger partial charge < -0.3 is 24.5 Å². The van der Waals surface area contributed by atoms with E-state index in [1.165, 1.54) is 16.7 Å². The number of aromatic nitrogens is 2. The Balaban J connectivity index is 1.37. The summed E-state index contributed by atoms with van der Waals surface area (Å²) in [4.78, 5) is 16.6. The van der Waals surface area contributed by atoms with E-state index in [4.69, 9.17) is 9.47 Å². The molecule has 9 heteroatoms. The van der Waals surface area contributed by atoms with Gasteiger partial charge in [-0.3, -0.25) is 9.78 Å². The van der Waals surface area contributed by atoms with Crippen LogP contribution in [0.5, 0.6) is 5.88 Å². The molecule has 0 atom stereocenters. The maximum absolute atomic E-state index is 15.0. The number of carbonyl (C=O) groups excluding carboxylic acids is 1. The van der Waals surface area contributed by atoms with E-state index in [0.29, 0.717) is 33.3 Å². The van der Waals surface area contributed by atoms with Crippen molar-refractivity contribution in [3.63, 3.8) is 0 Å². The number of amides is 1. The molecular weight excluding hydrogens is 432 g/mol. The molecule has 1 fully saturated rings. The van der Waals surface area contributed by atoms with Gasteiger partial charge in [0.05, 0.1) is 36.3 Å². The molecule has 2 aliphatic heterocycles. The lowest BCUT2D eigenvalue weighted by molar-refractivity contribution is -0.178. The number of nitrogens with zero attached hydrogens (tertiary/aromatic N) is 2. The first-order valence-corrected chi connectivity index (χ1v) is 10.3. The number of halogens is 2. The second-order valence-corrected chi connectivity index (χ2v) is 7.96. The number of carbonyl (C=O) groups is 1. The molecule has 6 rings (SSSR count). The average Bonchev–Trinajstić information content (AvgIpc) is 3.49. The topological polar surface area (TPSA) is 85.6 Å². The Morgan fingerprint density at radius 3 is 2.58 bits per heavy atom. The fourth-order valence-corrected chi connectivity index (χ4v) is 4.42. The Hall–Kier alpha value is -3.82. The number of hydrogen-bond donors (Lipinski definition) is 2. The molecule has 166 valence electrons. The molecule has 0 radical (unpaired) electrons. The van der Waals surface area contributed by atoms with Crippen LogP contribution in [0.4, 0.5) is 14.5 Å². The first-order valence-electron chi connectivity index (χ1n) is 10.3. The van der Waals surface area contributed by atoms with Gasteiger partial charge in [0.15, 0.2) is 0 Å². The maximum atomic E-state index is 15.0. The standard InChI is InChI=1S/C24H17F2N3O4/c25-18-9-14(13-3-4-20-17(8-13)24(23(31)28-20)32-6-7-33-24)10-19(26)16(18)11-29-12-21-15(22(29)30)2-1-5-27-21/h1-5,8-10,12,30H,6-7,11H2,(H,28,31). The van der Waals surface area contributed by atoms with Crippen molar-refractivity contribution in [2.45, 2.75) is 12.3 Å². The van der Waals surface area contributed by atoms with Crippen LogP contribution < -0.4 is 5.32 Å². The molecule has 33 heavy (non-hydrogen) atoms. The minimum absolute atomic E-state index is 0.112. The first kappa shape index (κ1) is 19.8. The SMILES string of the molecule is O=C1Nc2ccc(-c3cc(F)c(Cn4cc5ncccc5c4O)c(F)c3)cc2C12OCCO2. The van der Waals surface area contributed by atoms with E-state index in [2.05, 4.69) is 10.3 Å². The van der Waals surface area contributed by atoms with Crippen LogP contribution >= 0.6 is 0 Å². The Kier molecular flexibility index (Phi) is 4.26. The van der Waals surface area contributed by atoms with Crippen LogP contribution in [0.2, 0.25) is 0 Å². The molecule has 2 aliphatic rings. The fourth-order valence-electron chi connectivity index (χ4n) is 4.42. The van der Waals surface area contributed by atoms with Crippen molar-refractivity contribution in [2.75, 3.05) is 18.5 Å². The van der Waals surface area contributed by atoms with Crippen molar-refractivity contribution < 1.29 is 28.2 Å². The predicted octanol–water partition coefficient (Wildman–Crippen LogP) is 3.89. The third-order valence-corrected chi connectivity index (χ3v) is 6.05. The summed E-state index contributed by atoms with van der Waals surface area (Å²) in [6, 6.07) is 10.8. The highest BCUT2D eigenvalue weighted by atomic mass is 19.1. The average molecular weight is 449 g/mol. The molecule has 0 aliphatic carbocycles. The van der Waals surface area contributed by atoms with Gasteiger partial charge in [-0.2, -0.15) is 0 Å². The molecule has 0 saturated carbocycles. The van der Waals surface area contributed by atoms with Gasteiger partial charge in [-0.25, -0.2) is 8.78 Å². The van der Waals surface area contributed by atoms with Crippen LogP contribution in [0.25, 0.3) is 22.0 Å². The van der Waals surface area contributed by atoms with Gasteiger partial charge in [-0.05, 0) is 47.5 Å². The molecule has 2 N–H and O–H groups in total. The number of ether oxygens (including phenoxy) is 2. The third kappa shape index (κ3) is 2.93. The minimum atomic E-state index is -1.52. The number of fused-ring (bicyclic) bond motifs is 3. The first-order chi connectivity index (χ1) is 16.0. The van der Waals surface area contributed by atoms with Crippen LogP contribution in [0.1, 0.15) is 11.1 Å². The zero-order valence-electron chi connectivity index (χ0n) is 17.1. The lowest BCUT2D eigenvalue weighted by Gasteiger charge is -2.19. The number of rotatable bonds is 3. The summed E-state index contributed by atoms with van der Waals surface area (Å²) in [5.41, 5.74) is 2.15. The van der Waals surface area contributed by atoms with Crippen LogP contribution in [-0.4, -0.2) is 33.8 Å². The largest absolute Gasteiger partial charge is 0.494 e. The number of hydrogen-bond acceptors (Lipinski definition) is 5. The van der Waals surface area contributed by atoms with Crippen LogP contribution in [-0.2, 0) is 26.6 Å². The van der Waals surface area contributed by atoms with Crippen LogP contribution in [0.3, 0.4) is 0 Å². The summed E-state index contributed by atoms with van der Waals surface area (Å²) in [7, 11) is 0. The van der Waals surface area contributed by atoms with Crippen molar-refractivity contribution in [3.05, 3.63) is 77.6 Å². The summed E-state index contributed by atoms with van der Waals surface area (Å²) in [6.45, 7) is 0.338. The molecule has 1 spiro atoms. The Morgan fingerprint density at radius 2 is 1.85 bits per heavy atom. The smallest absolute Gasteiger partial charge is 0.289 e. The molecule has 0 unspecified atom stereocenters. The maximum Gasteiger partial charge on any atom is 0.289 e. The van der Waals surface area contributed by atoms with Gasteiger partial charge in [0.1, 0.15) is 11.6 Å². The number of nitrogens with one attached hydrogen (secondary N) is 1. The number of aromatic hydroxyl groups is 1. The molecule has 1 amide bonds. The summed E-state index contributed by atoms with van der Waals surface area (Å²) in [6.07, 6.45) is 3.12. The van der Waals surface area contributed by atoms with E-state index in [9.17, 15) is 9.90 Å². The van der Waals surface area contributed by atoms with Crippen molar-refractivity contribution in [2.24, 2.45) is 0 Å². The molecule has 2 aromatic heterocycles. The van der Waals surface area contributed by atoms with Crippen LogP contribution in [0.15, 0.2) is 54.9 Å². The monoisotopic (exact) mass is 449 g/mol. The van der Waals surface area contributed by atoms with E-state index in [-0.39, 0.29) is 31.2 Å². The molecule has 0 bridgehead atoms. The Labute approximate surface area is 186 Å². The summed E-state index contributed by atoms with van der Waals surface area (Å²) in [5.74, 6) is -3.57. The van der Waals surface area contributed by atoms with Crippen LogP contribution in [0, 0.1) is 11.6 Å². The minimum Gasteiger partial charge on any atom is -0.494 e. The second kappa shape index (κ2) is 7.09. The fraction of sp³-hybridized carbons (Fsp3) is 0.167. The highest BCUT2D eigenvalue weighted by Crippen LogP contribution is 2.44. The number of anilines is 1. The highest BCUT2D eigenvalue weighted by Gasteiger charge is 2.52.